The summed E-state index contributed by atoms with van der Waals surface area (Å²) in [5, 5.41) is 7.99. The number of hydrogen-bond acceptors (Lipinski definition) is 3. The van der Waals surface area contributed by atoms with E-state index in [-0.39, 0.29) is 6.42 Å². The van der Waals surface area contributed by atoms with Gasteiger partial charge in [0.1, 0.15) is 16.9 Å². The summed E-state index contributed by atoms with van der Waals surface area (Å²) in [6.07, 6.45) is -1.68. The summed E-state index contributed by atoms with van der Waals surface area (Å²) in [6.45, 7) is 0.615. The van der Waals surface area contributed by atoms with E-state index in [1.165, 1.54) is 0 Å². The van der Waals surface area contributed by atoms with Crippen molar-refractivity contribution in [3.05, 3.63) is 6.61 Å². The van der Waals surface area contributed by atoms with Crippen LogP contribution in [0.1, 0.15) is 6.42 Å². The highest BCUT2D eigenvalue weighted by Crippen LogP contribution is 1.98. The molecule has 0 rings (SSSR count). The summed E-state index contributed by atoms with van der Waals surface area (Å²) in [5.41, 5.74) is 0. The topological polar surface area (TPSA) is 54.4 Å². The van der Waals surface area contributed by atoms with Gasteiger partial charge < -0.3 is 5.11 Å². The number of aliphatic hydroxyl groups is 1. The molecule has 1 atom stereocenters. The Labute approximate surface area is 54.5 Å². The zero-order valence-corrected chi connectivity index (χ0v) is 5.55. The molecule has 0 aliphatic carbocycles. The SMILES string of the molecule is O=[SH](=O)CC(F)C[CH]O. The summed E-state index contributed by atoms with van der Waals surface area (Å²) in [5.74, 6) is -0.508. The van der Waals surface area contributed by atoms with E-state index >= 15 is 0 Å². The molecule has 0 spiro atoms. The molecule has 3 nitrogen and oxygen atoms in total. The van der Waals surface area contributed by atoms with Crippen LogP contribution in [0.2, 0.25) is 0 Å². The van der Waals surface area contributed by atoms with Crippen molar-refractivity contribution in [2.24, 2.45) is 0 Å². The predicted molar refractivity (Wildman–Crippen MR) is 30.9 cm³/mol. The molecule has 9 heavy (non-hydrogen) atoms. The minimum atomic E-state index is -2.66. The van der Waals surface area contributed by atoms with Crippen molar-refractivity contribution in [3.8, 4) is 0 Å². The van der Waals surface area contributed by atoms with Gasteiger partial charge in [0.25, 0.3) is 0 Å². The van der Waals surface area contributed by atoms with E-state index in [2.05, 4.69) is 0 Å². The lowest BCUT2D eigenvalue weighted by Crippen LogP contribution is -2.07. The molecule has 1 N–H and O–H groups in total. The first-order valence-electron chi connectivity index (χ1n) is 2.38. The number of rotatable bonds is 4. The Balaban J connectivity index is 3.37. The number of hydrogen-bond donors (Lipinski definition) is 2. The van der Waals surface area contributed by atoms with Gasteiger partial charge in [-0.1, -0.05) is 0 Å². The third-order valence-corrected chi connectivity index (χ3v) is 1.40. The van der Waals surface area contributed by atoms with Gasteiger partial charge in [0.2, 0.25) is 0 Å². The van der Waals surface area contributed by atoms with E-state index in [9.17, 15) is 12.8 Å². The van der Waals surface area contributed by atoms with Gasteiger partial charge in [-0.3, -0.25) is 0 Å². The summed E-state index contributed by atoms with van der Waals surface area (Å²) < 4.78 is 31.7. The quantitative estimate of drug-likeness (QED) is 0.555. The summed E-state index contributed by atoms with van der Waals surface area (Å²) in [4.78, 5) is 0. The molecule has 0 heterocycles. The second kappa shape index (κ2) is 4.69. The van der Waals surface area contributed by atoms with Crippen LogP contribution in [0.5, 0.6) is 0 Å². The van der Waals surface area contributed by atoms with Crippen molar-refractivity contribution in [2.45, 2.75) is 12.6 Å². The van der Waals surface area contributed by atoms with Gasteiger partial charge in [-0.2, -0.15) is 0 Å². The molecule has 5 heteroatoms. The molecule has 0 aliphatic rings. The largest absolute Gasteiger partial charge is 0.390 e. The lowest BCUT2D eigenvalue weighted by molar-refractivity contribution is 0.291. The van der Waals surface area contributed by atoms with Gasteiger partial charge >= 0.3 is 0 Å². The molecule has 0 aliphatic heterocycles. The summed E-state index contributed by atoms with van der Waals surface area (Å²) >= 11 is 0. The normalized spacial score (nSPS) is 14.1. The zero-order valence-electron chi connectivity index (χ0n) is 4.66. The highest BCUT2D eigenvalue weighted by molar-refractivity contribution is 7.72. The molecular weight excluding hydrogens is 147 g/mol. The molecule has 0 fully saturated rings. The third kappa shape index (κ3) is 5.72. The van der Waals surface area contributed by atoms with Crippen LogP contribution in [0.4, 0.5) is 4.39 Å². The van der Waals surface area contributed by atoms with Crippen LogP contribution in [-0.4, -0.2) is 25.4 Å². The fourth-order valence-corrected chi connectivity index (χ4v) is 0.823. The van der Waals surface area contributed by atoms with Crippen molar-refractivity contribution in [3.63, 3.8) is 0 Å². The molecule has 0 saturated carbocycles. The molecule has 0 aromatic carbocycles. The zero-order chi connectivity index (χ0) is 7.28. The molecule has 0 aromatic heterocycles. The molecule has 0 bridgehead atoms. The Kier molecular flexibility index (Phi) is 4.61. The maximum atomic E-state index is 12.1. The second-order valence-electron chi connectivity index (χ2n) is 1.53. The number of thiol groups is 1. The maximum Gasteiger partial charge on any atom is 0.142 e. The molecular formula is C4H8FO3S. The Bertz CT molecular complexity index is 126. The monoisotopic (exact) mass is 155 g/mol. The Morgan fingerprint density at radius 1 is 1.67 bits per heavy atom. The average Bonchev–Trinajstić information content (AvgIpc) is 1.63. The van der Waals surface area contributed by atoms with Crippen LogP contribution in [0.3, 0.4) is 0 Å². The highest BCUT2D eigenvalue weighted by atomic mass is 32.2. The highest BCUT2D eigenvalue weighted by Gasteiger charge is 2.05. The summed E-state index contributed by atoms with van der Waals surface area (Å²) in [6, 6.07) is 0. The number of halogens is 1. The lowest BCUT2D eigenvalue weighted by atomic mass is 10.3. The van der Waals surface area contributed by atoms with E-state index in [0.717, 1.165) is 0 Å². The maximum absolute atomic E-state index is 12.1. The first kappa shape index (κ1) is 8.84. The Hall–Kier alpha value is -0.160. The van der Waals surface area contributed by atoms with Crippen molar-refractivity contribution in [2.75, 3.05) is 5.75 Å². The van der Waals surface area contributed by atoms with E-state index in [1.54, 1.807) is 0 Å². The second-order valence-corrected chi connectivity index (χ2v) is 2.56. The Morgan fingerprint density at radius 3 is 2.56 bits per heavy atom. The van der Waals surface area contributed by atoms with Crippen molar-refractivity contribution < 1.29 is 17.9 Å². The predicted octanol–water partition coefficient (Wildman–Crippen LogP) is -0.140. The van der Waals surface area contributed by atoms with E-state index in [4.69, 9.17) is 5.11 Å². The van der Waals surface area contributed by atoms with Gasteiger partial charge in [-0.15, -0.1) is 0 Å². The van der Waals surface area contributed by atoms with Gasteiger partial charge in [0, 0.05) is 6.42 Å². The smallest absolute Gasteiger partial charge is 0.142 e. The van der Waals surface area contributed by atoms with Crippen molar-refractivity contribution in [1.29, 1.82) is 0 Å². The standard InChI is InChI=1S/C4H8FO3S/c5-4(1-2-6)3-9(7)8/h2,4,6,9H,1,3H2. The van der Waals surface area contributed by atoms with Crippen LogP contribution < -0.4 is 0 Å². The third-order valence-electron chi connectivity index (χ3n) is 0.708. The minimum absolute atomic E-state index is 0.219. The fourth-order valence-electron chi connectivity index (χ4n) is 0.351. The van der Waals surface area contributed by atoms with Crippen LogP contribution in [-0.2, 0) is 10.7 Å². The van der Waals surface area contributed by atoms with Crippen LogP contribution in [0.25, 0.3) is 0 Å². The molecule has 0 amide bonds. The average molecular weight is 155 g/mol. The van der Waals surface area contributed by atoms with Gasteiger partial charge in [-0.05, 0) is 0 Å². The molecule has 55 valence electrons. The molecule has 0 saturated heterocycles. The van der Waals surface area contributed by atoms with E-state index in [0.29, 0.717) is 6.61 Å². The van der Waals surface area contributed by atoms with Crippen LogP contribution in [0.15, 0.2) is 0 Å². The minimum Gasteiger partial charge on any atom is -0.390 e. The summed E-state index contributed by atoms with van der Waals surface area (Å²) in [7, 11) is -2.66. The number of aliphatic hydroxyl groups excluding tert-OH is 1. The molecule has 1 radical (unpaired) electrons. The first-order valence-corrected chi connectivity index (χ1v) is 3.75. The molecule has 0 aromatic rings. The van der Waals surface area contributed by atoms with E-state index < -0.39 is 22.6 Å². The van der Waals surface area contributed by atoms with Crippen molar-refractivity contribution >= 4 is 10.7 Å². The Morgan fingerprint density at radius 2 is 2.22 bits per heavy atom. The molecule has 1 unspecified atom stereocenters. The van der Waals surface area contributed by atoms with Crippen molar-refractivity contribution in [1.82, 2.24) is 0 Å². The fraction of sp³-hybridized carbons (Fsp3) is 0.750. The number of alkyl halides is 1. The van der Waals surface area contributed by atoms with Gasteiger partial charge in [-0.25, -0.2) is 12.8 Å². The van der Waals surface area contributed by atoms with Crippen LogP contribution in [0, 0.1) is 6.61 Å². The van der Waals surface area contributed by atoms with E-state index in [1.807, 2.05) is 0 Å². The van der Waals surface area contributed by atoms with Gasteiger partial charge in [0.05, 0.1) is 12.4 Å². The lowest BCUT2D eigenvalue weighted by Gasteiger charge is -1.97. The first-order chi connectivity index (χ1) is 4.16. The van der Waals surface area contributed by atoms with Gasteiger partial charge in [0.15, 0.2) is 0 Å². The van der Waals surface area contributed by atoms with Crippen LogP contribution >= 0.6 is 0 Å².